The molecular weight excluding hydrogens is 432 g/mol. The van der Waals surface area contributed by atoms with Crippen LogP contribution in [-0.2, 0) is 6.42 Å². The molecule has 0 fully saturated rings. The van der Waals surface area contributed by atoms with E-state index >= 15 is 0 Å². The molecule has 0 saturated carbocycles. The molecule has 0 atom stereocenters. The summed E-state index contributed by atoms with van der Waals surface area (Å²) in [6.45, 7) is 2.07. The summed E-state index contributed by atoms with van der Waals surface area (Å²) in [5.41, 5.74) is 1.39. The number of fused-ring (bicyclic) bond motifs is 1. The summed E-state index contributed by atoms with van der Waals surface area (Å²) in [5.74, 6) is -4.00. The number of anilines is 1. The lowest BCUT2D eigenvalue weighted by Gasteiger charge is -2.29. The fourth-order valence-electron chi connectivity index (χ4n) is 2.69. The number of hydrogen-bond donors (Lipinski definition) is 2. The van der Waals surface area contributed by atoms with Gasteiger partial charge in [-0.3, -0.25) is 5.32 Å². The molecule has 0 saturated heterocycles. The molecule has 156 valence electrons. The van der Waals surface area contributed by atoms with Crippen LogP contribution in [0.15, 0.2) is 36.4 Å². The SMILES string of the molecule is CCCCc1ccc(NC(=O)NC2(C(F)(F)F)Oc3cc(Cl)c(Cl)cc3O2)cc1. The zero-order chi connectivity index (χ0) is 21.2. The van der Waals surface area contributed by atoms with Crippen molar-refractivity contribution in [1.82, 2.24) is 5.32 Å². The minimum atomic E-state index is -5.09. The smallest absolute Gasteiger partial charge is 0.424 e. The maximum absolute atomic E-state index is 13.7. The molecule has 3 rings (SSSR count). The average molecular weight is 449 g/mol. The number of aryl methyl sites for hydroxylation is 1. The Bertz CT molecular complexity index is 874. The quantitative estimate of drug-likeness (QED) is 0.576. The molecule has 0 aromatic heterocycles. The van der Waals surface area contributed by atoms with E-state index in [4.69, 9.17) is 32.7 Å². The first kappa shape index (κ1) is 21.4. The fraction of sp³-hybridized carbons (Fsp3) is 0.316. The molecule has 10 heteroatoms. The Kier molecular flexibility index (Phi) is 6.05. The second-order valence-electron chi connectivity index (χ2n) is 6.41. The molecule has 0 unspecified atom stereocenters. The van der Waals surface area contributed by atoms with Crippen LogP contribution < -0.4 is 20.1 Å². The summed E-state index contributed by atoms with van der Waals surface area (Å²) in [5, 5.41) is 4.02. The van der Waals surface area contributed by atoms with Crippen LogP contribution in [0.3, 0.4) is 0 Å². The number of carbonyl (C=O) groups excluding carboxylic acids is 1. The highest BCUT2D eigenvalue weighted by atomic mass is 35.5. The largest absolute Gasteiger partial charge is 0.492 e. The van der Waals surface area contributed by atoms with E-state index in [0.717, 1.165) is 37.0 Å². The van der Waals surface area contributed by atoms with E-state index in [9.17, 15) is 18.0 Å². The topological polar surface area (TPSA) is 59.6 Å². The third kappa shape index (κ3) is 4.64. The summed E-state index contributed by atoms with van der Waals surface area (Å²) in [6.07, 6.45) is -2.15. The monoisotopic (exact) mass is 448 g/mol. The number of urea groups is 1. The van der Waals surface area contributed by atoms with Gasteiger partial charge in [0, 0.05) is 17.8 Å². The first-order chi connectivity index (χ1) is 13.6. The van der Waals surface area contributed by atoms with Gasteiger partial charge in [-0.1, -0.05) is 48.7 Å². The second-order valence-corrected chi connectivity index (χ2v) is 7.23. The van der Waals surface area contributed by atoms with Gasteiger partial charge in [0.2, 0.25) is 0 Å². The maximum atomic E-state index is 13.7. The number of unbranched alkanes of at least 4 members (excludes halogenated alkanes) is 1. The normalized spacial score (nSPS) is 14.6. The van der Waals surface area contributed by atoms with Crippen molar-refractivity contribution in [2.75, 3.05) is 5.32 Å². The van der Waals surface area contributed by atoms with Crippen molar-refractivity contribution in [3.05, 3.63) is 52.0 Å². The van der Waals surface area contributed by atoms with Crippen molar-refractivity contribution in [3.63, 3.8) is 0 Å². The number of benzene rings is 2. The van der Waals surface area contributed by atoms with E-state index in [1.807, 2.05) is 0 Å². The van der Waals surface area contributed by atoms with E-state index < -0.39 is 18.1 Å². The molecule has 0 aliphatic carbocycles. The Balaban J connectivity index is 1.74. The average Bonchev–Trinajstić information content (AvgIpc) is 2.99. The fourth-order valence-corrected chi connectivity index (χ4v) is 2.99. The lowest BCUT2D eigenvalue weighted by atomic mass is 10.1. The molecule has 0 spiro atoms. The number of hydrogen-bond acceptors (Lipinski definition) is 3. The summed E-state index contributed by atoms with van der Waals surface area (Å²) >= 11 is 11.6. The lowest BCUT2D eigenvalue weighted by Crippen LogP contribution is -2.65. The Labute approximate surface area is 175 Å². The highest BCUT2D eigenvalue weighted by Crippen LogP contribution is 2.47. The van der Waals surface area contributed by atoms with Gasteiger partial charge in [-0.2, -0.15) is 13.2 Å². The van der Waals surface area contributed by atoms with Crippen LogP contribution >= 0.6 is 23.2 Å². The molecule has 2 aromatic carbocycles. The van der Waals surface area contributed by atoms with Crippen molar-refractivity contribution in [2.45, 2.75) is 38.3 Å². The van der Waals surface area contributed by atoms with Gasteiger partial charge in [-0.05, 0) is 30.5 Å². The van der Waals surface area contributed by atoms with Gasteiger partial charge in [0.15, 0.2) is 11.5 Å². The third-order valence-corrected chi connectivity index (χ3v) is 4.90. The van der Waals surface area contributed by atoms with Gasteiger partial charge in [0.05, 0.1) is 10.0 Å². The minimum Gasteiger partial charge on any atom is -0.424 e. The number of rotatable bonds is 5. The van der Waals surface area contributed by atoms with E-state index in [0.29, 0.717) is 5.69 Å². The van der Waals surface area contributed by atoms with Gasteiger partial charge in [-0.25, -0.2) is 4.79 Å². The Hall–Kier alpha value is -2.32. The molecule has 2 aromatic rings. The molecular formula is C19H17Cl2F3N2O3. The predicted octanol–water partition coefficient (Wildman–Crippen LogP) is 6.15. The molecule has 0 radical (unpaired) electrons. The van der Waals surface area contributed by atoms with Gasteiger partial charge >= 0.3 is 18.1 Å². The summed E-state index contributed by atoms with van der Waals surface area (Å²) < 4.78 is 50.9. The number of alkyl halides is 3. The van der Waals surface area contributed by atoms with E-state index in [1.165, 1.54) is 0 Å². The Morgan fingerprint density at radius 3 is 2.10 bits per heavy atom. The second kappa shape index (κ2) is 8.20. The van der Waals surface area contributed by atoms with Gasteiger partial charge in [0.25, 0.3) is 0 Å². The molecule has 2 N–H and O–H groups in total. The van der Waals surface area contributed by atoms with Crippen LogP contribution in [0.2, 0.25) is 10.0 Å². The van der Waals surface area contributed by atoms with Gasteiger partial charge in [0.1, 0.15) is 0 Å². The highest BCUT2D eigenvalue weighted by Gasteiger charge is 2.65. The van der Waals surface area contributed by atoms with Crippen LogP contribution in [0.1, 0.15) is 25.3 Å². The number of ether oxygens (including phenoxy) is 2. The molecule has 1 heterocycles. The van der Waals surface area contributed by atoms with Gasteiger partial charge in [-0.15, -0.1) is 0 Å². The molecule has 0 bridgehead atoms. The minimum absolute atomic E-state index is 0.0143. The first-order valence-electron chi connectivity index (χ1n) is 8.75. The molecule has 1 aliphatic rings. The standard InChI is InChI=1S/C19H17Cl2F3N2O3/c1-2-3-4-11-5-7-12(8-6-11)25-17(27)26-19(18(22,23)24)28-15-9-13(20)14(21)10-16(15)29-19/h5-10H,2-4H2,1H3,(H2,25,26,27). The Morgan fingerprint density at radius 1 is 1.07 bits per heavy atom. The predicted molar refractivity (Wildman–Crippen MR) is 104 cm³/mol. The lowest BCUT2D eigenvalue weighted by molar-refractivity contribution is -0.317. The number of amides is 2. The van der Waals surface area contributed by atoms with Crippen LogP contribution in [0, 0.1) is 0 Å². The summed E-state index contributed by atoms with van der Waals surface area (Å²) in [7, 11) is 0. The third-order valence-electron chi connectivity index (χ3n) is 4.18. The zero-order valence-corrected chi connectivity index (χ0v) is 16.7. The summed E-state index contributed by atoms with van der Waals surface area (Å²) in [6, 6.07) is 7.82. The van der Waals surface area contributed by atoms with Crippen LogP contribution in [0.4, 0.5) is 23.7 Å². The van der Waals surface area contributed by atoms with E-state index in [1.54, 1.807) is 29.6 Å². The van der Waals surface area contributed by atoms with Crippen molar-refractivity contribution in [2.24, 2.45) is 0 Å². The molecule has 29 heavy (non-hydrogen) atoms. The van der Waals surface area contributed by atoms with Crippen LogP contribution in [0.5, 0.6) is 11.5 Å². The van der Waals surface area contributed by atoms with Crippen molar-refractivity contribution < 1.29 is 27.4 Å². The zero-order valence-electron chi connectivity index (χ0n) is 15.2. The maximum Gasteiger partial charge on any atom is 0.492 e. The first-order valence-corrected chi connectivity index (χ1v) is 9.51. The molecule has 1 aliphatic heterocycles. The van der Waals surface area contributed by atoms with Crippen LogP contribution in [-0.4, -0.2) is 18.1 Å². The number of halogens is 5. The van der Waals surface area contributed by atoms with E-state index in [-0.39, 0.29) is 21.5 Å². The van der Waals surface area contributed by atoms with E-state index in [2.05, 4.69) is 12.2 Å². The highest BCUT2D eigenvalue weighted by molar-refractivity contribution is 6.42. The Morgan fingerprint density at radius 2 is 1.62 bits per heavy atom. The van der Waals surface area contributed by atoms with Crippen molar-refractivity contribution in [3.8, 4) is 11.5 Å². The number of carbonyl (C=O) groups is 1. The van der Waals surface area contributed by atoms with Gasteiger partial charge < -0.3 is 14.8 Å². The van der Waals surface area contributed by atoms with Crippen molar-refractivity contribution >= 4 is 34.9 Å². The van der Waals surface area contributed by atoms with Crippen molar-refractivity contribution in [1.29, 1.82) is 0 Å². The molecule has 5 nitrogen and oxygen atoms in total. The summed E-state index contributed by atoms with van der Waals surface area (Å²) in [4.78, 5) is 12.2. The molecule has 2 amide bonds. The van der Waals surface area contributed by atoms with Crippen LogP contribution in [0.25, 0.3) is 0 Å². The number of nitrogens with one attached hydrogen (secondary N) is 2.